The Morgan fingerprint density at radius 2 is 1.84 bits per heavy atom. The van der Waals surface area contributed by atoms with Gasteiger partial charge in [-0.3, -0.25) is 19.3 Å². The predicted molar refractivity (Wildman–Crippen MR) is 142 cm³/mol. The molecule has 0 saturated carbocycles. The molecule has 1 saturated heterocycles. The fourth-order valence-electron chi connectivity index (χ4n) is 4.18. The van der Waals surface area contributed by atoms with Crippen LogP contribution >= 0.6 is 0 Å². The Kier molecular flexibility index (Phi) is 10.1. The molecule has 0 radical (unpaired) electrons. The van der Waals surface area contributed by atoms with Crippen molar-refractivity contribution < 1.29 is 28.7 Å². The molecule has 2 amide bonds. The van der Waals surface area contributed by atoms with Gasteiger partial charge in [0.1, 0.15) is 17.7 Å². The summed E-state index contributed by atoms with van der Waals surface area (Å²) in [6, 6.07) is 5.54. The fraction of sp³-hybridized carbons (Fsp3) is 0.519. The van der Waals surface area contributed by atoms with E-state index in [1.54, 1.807) is 27.0 Å². The van der Waals surface area contributed by atoms with Gasteiger partial charge in [-0.05, 0) is 38.8 Å². The first-order valence-corrected chi connectivity index (χ1v) is 12.8. The number of esters is 1. The van der Waals surface area contributed by atoms with Crippen LogP contribution in [0.1, 0.15) is 39.2 Å². The number of para-hydroxylation sites is 1. The normalized spacial score (nSPS) is 15.9. The summed E-state index contributed by atoms with van der Waals surface area (Å²) in [5, 5.41) is 13.6. The van der Waals surface area contributed by atoms with E-state index < -0.39 is 35.3 Å². The molecule has 206 valence electrons. The number of morpholine rings is 1. The molecule has 3 rings (SSSR count). The minimum absolute atomic E-state index is 0.0314. The van der Waals surface area contributed by atoms with Crippen molar-refractivity contribution in [3.05, 3.63) is 36.0 Å². The molecule has 38 heavy (non-hydrogen) atoms. The second-order valence-electron chi connectivity index (χ2n) is 10.3. The van der Waals surface area contributed by atoms with Crippen LogP contribution in [0.25, 0.3) is 10.9 Å². The molecule has 0 aliphatic carbocycles. The zero-order valence-electron chi connectivity index (χ0n) is 22.2. The van der Waals surface area contributed by atoms with E-state index in [0.717, 1.165) is 16.5 Å². The van der Waals surface area contributed by atoms with Gasteiger partial charge in [0.05, 0.1) is 26.0 Å². The monoisotopic (exact) mass is 527 g/mol. The topological polar surface area (TPSA) is 154 Å². The quantitative estimate of drug-likeness (QED) is 0.240. The Hall–Kier alpha value is -3.57. The third kappa shape index (κ3) is 8.77. The number of nitrogens with one attached hydrogen (secondary N) is 4. The lowest BCUT2D eigenvalue weighted by molar-refractivity contribution is -0.159. The van der Waals surface area contributed by atoms with Gasteiger partial charge < -0.3 is 30.5 Å². The molecular weight excluding hydrogens is 490 g/mol. The number of fused-ring (bicyclic) bond motifs is 1. The molecule has 2 atom stereocenters. The number of hydrogen-bond donors (Lipinski definition) is 4. The van der Waals surface area contributed by atoms with Crippen molar-refractivity contribution in [3.63, 3.8) is 0 Å². The van der Waals surface area contributed by atoms with Crippen LogP contribution in [0.15, 0.2) is 30.5 Å². The molecule has 2 aromatic rings. The molecule has 1 aliphatic rings. The Bertz CT molecular complexity index is 1150. The second kappa shape index (κ2) is 13.3. The zero-order chi connectivity index (χ0) is 27.7. The highest BCUT2D eigenvalue weighted by atomic mass is 16.6. The number of rotatable bonds is 12. The first-order valence-electron chi connectivity index (χ1n) is 12.8. The number of hydrogen-bond acceptors (Lipinski definition) is 8. The highest BCUT2D eigenvalue weighted by Crippen LogP contribution is 2.19. The van der Waals surface area contributed by atoms with Crippen LogP contribution in [0.4, 0.5) is 0 Å². The molecule has 0 spiro atoms. The van der Waals surface area contributed by atoms with Crippen molar-refractivity contribution in [2.45, 2.75) is 57.7 Å². The molecule has 1 aromatic carbocycles. The number of carbonyl (C=O) groups is 4. The molecule has 11 nitrogen and oxygen atoms in total. The fourth-order valence-corrected chi connectivity index (χ4v) is 4.18. The lowest BCUT2D eigenvalue weighted by Gasteiger charge is -2.28. The maximum atomic E-state index is 13.5. The summed E-state index contributed by atoms with van der Waals surface area (Å²) in [4.78, 5) is 56.2. The van der Waals surface area contributed by atoms with E-state index in [1.807, 2.05) is 29.2 Å². The van der Waals surface area contributed by atoms with Crippen LogP contribution in [0, 0.1) is 5.41 Å². The zero-order valence-corrected chi connectivity index (χ0v) is 22.2. The van der Waals surface area contributed by atoms with Crippen molar-refractivity contribution in [3.8, 4) is 0 Å². The Labute approximate surface area is 222 Å². The second-order valence-corrected chi connectivity index (χ2v) is 10.3. The number of benzene rings is 1. The lowest BCUT2D eigenvalue weighted by Crippen LogP contribution is -2.55. The first kappa shape index (κ1) is 29.0. The number of H-pyrrole nitrogens is 1. The average Bonchev–Trinajstić information content (AvgIpc) is 3.28. The molecule has 0 bridgehead atoms. The SMILES string of the molecule is CC(C)(C)OC(=O)[C@H](CCC(=O)C=N)NC(=O)[C@H](Cc1c[nH]c2ccccc12)NC(=O)CN1CCOCC1. The van der Waals surface area contributed by atoms with E-state index in [9.17, 15) is 19.2 Å². The van der Waals surface area contributed by atoms with Crippen molar-refractivity contribution in [1.29, 1.82) is 5.41 Å². The third-order valence-corrected chi connectivity index (χ3v) is 6.07. The van der Waals surface area contributed by atoms with Crippen LogP contribution in [-0.2, 0) is 35.1 Å². The van der Waals surface area contributed by atoms with E-state index >= 15 is 0 Å². The van der Waals surface area contributed by atoms with Gasteiger partial charge in [0.2, 0.25) is 11.8 Å². The molecule has 1 aromatic heterocycles. The van der Waals surface area contributed by atoms with Crippen LogP contribution in [0.3, 0.4) is 0 Å². The summed E-state index contributed by atoms with van der Waals surface area (Å²) in [5.74, 6) is -2.04. The average molecular weight is 528 g/mol. The van der Waals surface area contributed by atoms with Crippen LogP contribution in [0.2, 0.25) is 0 Å². The number of ketones is 1. The summed E-state index contributed by atoms with van der Waals surface area (Å²) in [7, 11) is 0. The van der Waals surface area contributed by atoms with Crippen molar-refractivity contribution in [1.82, 2.24) is 20.5 Å². The smallest absolute Gasteiger partial charge is 0.329 e. The Balaban J connectivity index is 1.79. The predicted octanol–water partition coefficient (Wildman–Crippen LogP) is 1.35. The largest absolute Gasteiger partial charge is 0.458 e. The van der Waals surface area contributed by atoms with E-state index in [2.05, 4.69) is 15.6 Å². The van der Waals surface area contributed by atoms with Crippen molar-refractivity contribution in [2.75, 3.05) is 32.8 Å². The molecular formula is C27H37N5O6. The highest BCUT2D eigenvalue weighted by Gasteiger charge is 2.31. The Morgan fingerprint density at radius 3 is 2.53 bits per heavy atom. The van der Waals surface area contributed by atoms with E-state index in [0.29, 0.717) is 32.5 Å². The Morgan fingerprint density at radius 1 is 1.13 bits per heavy atom. The minimum Gasteiger partial charge on any atom is -0.458 e. The molecule has 1 aliphatic heterocycles. The summed E-state index contributed by atoms with van der Waals surface area (Å²) in [6.07, 6.45) is 2.53. The maximum Gasteiger partial charge on any atom is 0.329 e. The number of carbonyl (C=O) groups excluding carboxylic acids is 4. The molecule has 1 fully saturated rings. The maximum absolute atomic E-state index is 13.5. The van der Waals surface area contributed by atoms with Gasteiger partial charge in [0.15, 0.2) is 5.78 Å². The van der Waals surface area contributed by atoms with Gasteiger partial charge in [-0.1, -0.05) is 18.2 Å². The van der Waals surface area contributed by atoms with Gasteiger partial charge in [-0.15, -0.1) is 0 Å². The summed E-state index contributed by atoms with van der Waals surface area (Å²) >= 11 is 0. The number of aromatic amines is 1. The first-order chi connectivity index (χ1) is 18.1. The number of aromatic nitrogens is 1. The van der Waals surface area contributed by atoms with Gasteiger partial charge in [-0.25, -0.2) is 4.79 Å². The van der Waals surface area contributed by atoms with Gasteiger partial charge in [0.25, 0.3) is 0 Å². The van der Waals surface area contributed by atoms with Gasteiger partial charge >= 0.3 is 5.97 Å². The molecule has 11 heteroatoms. The number of Topliss-reactive ketones (excluding diaryl/α,β-unsaturated/α-hetero) is 1. The van der Waals surface area contributed by atoms with Crippen molar-refractivity contribution in [2.24, 2.45) is 0 Å². The van der Waals surface area contributed by atoms with E-state index in [4.69, 9.17) is 14.9 Å². The summed E-state index contributed by atoms with van der Waals surface area (Å²) < 4.78 is 10.8. The number of ether oxygens (including phenoxy) is 2. The van der Waals surface area contributed by atoms with Crippen molar-refractivity contribution >= 4 is 40.7 Å². The number of nitrogens with zero attached hydrogens (tertiary/aromatic N) is 1. The van der Waals surface area contributed by atoms with E-state index in [1.165, 1.54) is 0 Å². The lowest BCUT2D eigenvalue weighted by atomic mass is 10.0. The van der Waals surface area contributed by atoms with Gasteiger partial charge in [-0.2, -0.15) is 0 Å². The number of amides is 2. The summed E-state index contributed by atoms with van der Waals surface area (Å²) in [6.45, 7) is 7.55. The van der Waals surface area contributed by atoms with Crippen LogP contribution in [0.5, 0.6) is 0 Å². The van der Waals surface area contributed by atoms with Crippen LogP contribution in [-0.4, -0.2) is 90.2 Å². The van der Waals surface area contributed by atoms with Crippen LogP contribution < -0.4 is 10.6 Å². The minimum atomic E-state index is -1.12. The highest BCUT2D eigenvalue weighted by molar-refractivity contribution is 6.26. The summed E-state index contributed by atoms with van der Waals surface area (Å²) in [5.41, 5.74) is 0.930. The van der Waals surface area contributed by atoms with Gasteiger partial charge in [0, 0.05) is 43.0 Å². The third-order valence-electron chi connectivity index (χ3n) is 6.07. The molecule has 4 N–H and O–H groups in total. The molecule has 2 heterocycles. The molecule has 0 unspecified atom stereocenters. The standard InChI is InChI=1S/C27H37N5O6/c1-27(2,3)38-26(36)22(9-8-19(33)15-28)31-25(35)23(30-24(34)17-32-10-12-37-13-11-32)14-18-16-29-21-7-5-4-6-20(18)21/h4-7,15-16,22-23,28-29H,8-14,17H2,1-3H3,(H,30,34)(H,31,35)/t22-,23-/m0/s1. The van der Waals surface area contributed by atoms with E-state index in [-0.39, 0.29) is 31.7 Å².